The van der Waals surface area contributed by atoms with E-state index in [-0.39, 0.29) is 0 Å². The Kier molecular flexibility index (Phi) is 3.32. The molecule has 16 heavy (non-hydrogen) atoms. The molecule has 2 aromatic rings. The lowest BCUT2D eigenvalue weighted by Gasteiger charge is -2.16. The number of aliphatic hydroxyl groups is 1. The highest BCUT2D eigenvalue weighted by molar-refractivity contribution is 6.20. The third kappa shape index (κ3) is 2.29. The summed E-state index contributed by atoms with van der Waals surface area (Å²) < 4.78 is 5.50. The lowest BCUT2D eigenvalue weighted by atomic mass is 10.1. The van der Waals surface area contributed by atoms with Crippen LogP contribution in [0, 0.1) is 0 Å². The highest BCUT2D eigenvalue weighted by atomic mass is 35.5. The molecule has 2 aromatic carbocycles. The molecule has 0 radical (unpaired) electrons. The molecule has 2 rings (SSSR count). The van der Waals surface area contributed by atoms with E-state index in [1.54, 1.807) is 6.92 Å². The highest BCUT2D eigenvalue weighted by Gasteiger charge is 2.13. The van der Waals surface area contributed by atoms with Crippen LogP contribution in [0.1, 0.15) is 6.92 Å². The van der Waals surface area contributed by atoms with Crippen molar-refractivity contribution in [2.24, 2.45) is 0 Å². The van der Waals surface area contributed by atoms with Gasteiger partial charge in [-0.05, 0) is 18.4 Å². The minimum absolute atomic E-state index is 0.694. The van der Waals surface area contributed by atoms with Gasteiger partial charge in [0, 0.05) is 5.39 Å². The maximum Gasteiger partial charge on any atom is 0.197 e. The number of alkyl halides is 1. The molecule has 0 saturated heterocycles. The summed E-state index contributed by atoms with van der Waals surface area (Å²) in [5.74, 6) is 0.694. The van der Waals surface area contributed by atoms with Crippen LogP contribution in [-0.4, -0.2) is 16.8 Å². The first-order chi connectivity index (χ1) is 7.68. The van der Waals surface area contributed by atoms with E-state index in [1.165, 1.54) is 0 Å². The van der Waals surface area contributed by atoms with E-state index in [2.05, 4.69) is 0 Å². The number of fused-ring (bicyclic) bond motifs is 1. The van der Waals surface area contributed by atoms with Crippen molar-refractivity contribution in [2.45, 2.75) is 18.6 Å². The lowest BCUT2D eigenvalue weighted by molar-refractivity contribution is 0.0982. The smallest absolute Gasteiger partial charge is 0.197 e. The van der Waals surface area contributed by atoms with Crippen LogP contribution in [0.3, 0.4) is 0 Å². The Morgan fingerprint density at radius 2 is 1.81 bits per heavy atom. The van der Waals surface area contributed by atoms with Crippen LogP contribution in [0.4, 0.5) is 0 Å². The van der Waals surface area contributed by atoms with Crippen LogP contribution in [0.2, 0.25) is 0 Å². The fourth-order valence-corrected chi connectivity index (χ4v) is 1.61. The molecule has 2 unspecified atom stereocenters. The van der Waals surface area contributed by atoms with E-state index in [9.17, 15) is 5.11 Å². The summed E-state index contributed by atoms with van der Waals surface area (Å²) in [7, 11) is 0. The van der Waals surface area contributed by atoms with E-state index in [4.69, 9.17) is 16.3 Å². The zero-order chi connectivity index (χ0) is 11.5. The van der Waals surface area contributed by atoms with Gasteiger partial charge in [-0.1, -0.05) is 48.0 Å². The van der Waals surface area contributed by atoms with Gasteiger partial charge in [-0.15, -0.1) is 0 Å². The van der Waals surface area contributed by atoms with Crippen molar-refractivity contribution in [1.82, 2.24) is 0 Å². The zero-order valence-electron chi connectivity index (χ0n) is 8.93. The first-order valence-electron chi connectivity index (χ1n) is 5.15. The van der Waals surface area contributed by atoms with Crippen molar-refractivity contribution >= 4 is 22.4 Å². The van der Waals surface area contributed by atoms with Crippen LogP contribution in [-0.2, 0) is 0 Å². The predicted octanol–water partition coefficient (Wildman–Crippen LogP) is 3.16. The maximum absolute atomic E-state index is 9.30. The molecule has 0 amide bonds. The van der Waals surface area contributed by atoms with Crippen molar-refractivity contribution < 1.29 is 9.84 Å². The van der Waals surface area contributed by atoms with Gasteiger partial charge in [0.1, 0.15) is 11.9 Å². The van der Waals surface area contributed by atoms with Crippen molar-refractivity contribution in [1.29, 1.82) is 0 Å². The van der Waals surface area contributed by atoms with E-state index < -0.39 is 11.7 Å². The Labute approximate surface area is 99.4 Å². The van der Waals surface area contributed by atoms with Crippen LogP contribution in [0.15, 0.2) is 42.5 Å². The number of benzene rings is 2. The molecule has 0 spiro atoms. The van der Waals surface area contributed by atoms with Crippen molar-refractivity contribution in [2.75, 3.05) is 0 Å². The van der Waals surface area contributed by atoms with Gasteiger partial charge < -0.3 is 9.84 Å². The van der Waals surface area contributed by atoms with Gasteiger partial charge in [-0.2, -0.15) is 0 Å². The van der Waals surface area contributed by atoms with Gasteiger partial charge in [0.2, 0.25) is 0 Å². The molecule has 0 aliphatic heterocycles. The molecule has 1 N–H and O–H groups in total. The van der Waals surface area contributed by atoms with Crippen molar-refractivity contribution in [3.05, 3.63) is 42.5 Å². The lowest BCUT2D eigenvalue weighted by Crippen LogP contribution is -2.23. The number of rotatable bonds is 3. The zero-order valence-corrected chi connectivity index (χ0v) is 9.69. The maximum atomic E-state index is 9.30. The first-order valence-corrected chi connectivity index (χ1v) is 5.58. The highest BCUT2D eigenvalue weighted by Crippen LogP contribution is 2.27. The summed E-state index contributed by atoms with van der Waals surface area (Å²) in [6, 6.07) is 13.7. The summed E-state index contributed by atoms with van der Waals surface area (Å²) in [5, 5.41) is 11.4. The molecule has 2 nitrogen and oxygen atoms in total. The number of ether oxygens (including phenoxy) is 1. The second-order valence-electron chi connectivity index (χ2n) is 3.69. The predicted molar refractivity (Wildman–Crippen MR) is 65.9 cm³/mol. The normalized spacial score (nSPS) is 14.7. The topological polar surface area (TPSA) is 29.5 Å². The molecule has 0 saturated carbocycles. The minimum atomic E-state index is -0.731. The molecule has 2 atom stereocenters. The summed E-state index contributed by atoms with van der Waals surface area (Å²) in [5.41, 5.74) is -0.731. The summed E-state index contributed by atoms with van der Waals surface area (Å²) in [6.45, 7) is 1.60. The third-order valence-electron chi connectivity index (χ3n) is 2.37. The standard InChI is InChI=1S/C13H13ClO2/c1-9(15)13(14)16-12-8-4-6-10-5-2-3-7-11(10)12/h2-9,13,15H,1H3. The summed E-state index contributed by atoms with van der Waals surface area (Å²) in [6.07, 6.45) is -0.708. The van der Waals surface area contributed by atoms with Gasteiger partial charge in [0.05, 0.1) is 0 Å². The molecular weight excluding hydrogens is 224 g/mol. The second-order valence-corrected chi connectivity index (χ2v) is 4.12. The van der Waals surface area contributed by atoms with Gasteiger partial charge in [0.25, 0.3) is 0 Å². The van der Waals surface area contributed by atoms with Crippen LogP contribution in [0.5, 0.6) is 5.75 Å². The quantitative estimate of drug-likeness (QED) is 0.830. The molecule has 84 valence electrons. The summed E-state index contributed by atoms with van der Waals surface area (Å²) in [4.78, 5) is 0. The number of hydrogen-bond donors (Lipinski definition) is 1. The Morgan fingerprint density at radius 3 is 2.56 bits per heavy atom. The Morgan fingerprint density at radius 1 is 1.12 bits per heavy atom. The van der Waals surface area contributed by atoms with Crippen LogP contribution in [0.25, 0.3) is 10.8 Å². The fourth-order valence-electron chi connectivity index (χ4n) is 1.52. The molecule has 0 aromatic heterocycles. The molecule has 0 aliphatic carbocycles. The molecule has 3 heteroatoms. The van der Waals surface area contributed by atoms with Gasteiger partial charge in [-0.3, -0.25) is 0 Å². The molecule has 0 heterocycles. The van der Waals surface area contributed by atoms with Crippen molar-refractivity contribution in [3.63, 3.8) is 0 Å². The Hall–Kier alpha value is -1.25. The average Bonchev–Trinajstić information content (AvgIpc) is 2.29. The number of aliphatic hydroxyl groups excluding tert-OH is 1. The van der Waals surface area contributed by atoms with E-state index in [0.717, 1.165) is 10.8 Å². The SMILES string of the molecule is CC(O)C(Cl)Oc1cccc2ccccc12. The molecular formula is C13H13ClO2. The first kappa shape index (κ1) is 11.2. The number of hydrogen-bond acceptors (Lipinski definition) is 2. The minimum Gasteiger partial charge on any atom is -0.471 e. The monoisotopic (exact) mass is 236 g/mol. The Balaban J connectivity index is 2.37. The molecule has 0 bridgehead atoms. The van der Waals surface area contributed by atoms with Gasteiger partial charge in [0.15, 0.2) is 5.56 Å². The molecule has 0 aliphatic rings. The van der Waals surface area contributed by atoms with Gasteiger partial charge >= 0.3 is 0 Å². The van der Waals surface area contributed by atoms with Crippen LogP contribution >= 0.6 is 11.6 Å². The van der Waals surface area contributed by atoms with Crippen LogP contribution < -0.4 is 4.74 Å². The summed E-state index contributed by atoms with van der Waals surface area (Å²) >= 11 is 5.88. The van der Waals surface area contributed by atoms with E-state index in [0.29, 0.717) is 5.75 Å². The fraction of sp³-hybridized carbons (Fsp3) is 0.231. The van der Waals surface area contributed by atoms with Gasteiger partial charge in [-0.25, -0.2) is 0 Å². The molecule has 0 fully saturated rings. The van der Waals surface area contributed by atoms with Crippen molar-refractivity contribution in [3.8, 4) is 5.75 Å². The third-order valence-corrected chi connectivity index (χ3v) is 2.82. The number of halogens is 1. The van der Waals surface area contributed by atoms with E-state index >= 15 is 0 Å². The second kappa shape index (κ2) is 4.73. The largest absolute Gasteiger partial charge is 0.471 e. The average molecular weight is 237 g/mol. The van der Waals surface area contributed by atoms with E-state index in [1.807, 2.05) is 42.5 Å². The Bertz CT molecular complexity index is 477.